The molecule has 0 aromatic carbocycles. The summed E-state index contributed by atoms with van der Waals surface area (Å²) >= 11 is 0. The van der Waals surface area contributed by atoms with Gasteiger partial charge in [-0.2, -0.15) is 0 Å². The molecular weight excluding hydrogens is 114 g/mol. The van der Waals surface area contributed by atoms with Gasteiger partial charge in [-0.05, 0) is 18.6 Å². The lowest BCUT2D eigenvalue weighted by atomic mass is 10.3. The molecule has 1 aromatic heterocycles. The number of hydrogen-bond acceptors (Lipinski definition) is 2. The topological polar surface area (TPSA) is 30.0 Å². The van der Waals surface area contributed by atoms with E-state index in [1.165, 1.54) is 0 Å². The molecule has 2 nitrogen and oxygen atoms in total. The van der Waals surface area contributed by atoms with Crippen molar-refractivity contribution in [2.24, 2.45) is 0 Å². The van der Waals surface area contributed by atoms with Crippen LogP contribution in [-0.4, -0.2) is 11.2 Å². The second-order valence-electron chi connectivity index (χ2n) is 1.82. The van der Waals surface area contributed by atoms with Crippen LogP contribution in [0.2, 0.25) is 0 Å². The van der Waals surface area contributed by atoms with E-state index in [-0.39, 0.29) is 5.69 Å². The van der Waals surface area contributed by atoms with Crippen molar-refractivity contribution < 1.29 is 6.17 Å². The molecule has 1 aromatic rings. The number of pyridine rings is 1. The molecule has 0 atom stereocenters. The summed E-state index contributed by atoms with van der Waals surface area (Å²) in [5.41, 5.74) is 1.19. The standard InChI is InChI=1S/C7H7NO/c1-6-2-3-7(5-9)8-4-6/h2-5H,1H3/i5D. The van der Waals surface area contributed by atoms with E-state index < -0.39 is 6.26 Å². The predicted molar refractivity (Wildman–Crippen MR) is 34.4 cm³/mol. The van der Waals surface area contributed by atoms with Gasteiger partial charge in [0, 0.05) is 6.20 Å². The third kappa shape index (κ3) is 1.35. The van der Waals surface area contributed by atoms with Crippen molar-refractivity contribution in [1.29, 1.82) is 0 Å². The Balaban J connectivity index is 3.00. The summed E-state index contributed by atoms with van der Waals surface area (Å²) in [5.74, 6) is 0. The third-order valence-electron chi connectivity index (χ3n) is 1.02. The van der Waals surface area contributed by atoms with Crippen LogP contribution < -0.4 is 0 Å². The van der Waals surface area contributed by atoms with E-state index in [1.54, 1.807) is 18.3 Å². The summed E-state index contributed by atoms with van der Waals surface area (Å²) in [6.45, 7) is 1.88. The van der Waals surface area contributed by atoms with Crippen LogP contribution in [0.5, 0.6) is 0 Å². The molecule has 0 saturated carbocycles. The zero-order chi connectivity index (χ0) is 7.56. The van der Waals surface area contributed by atoms with Crippen LogP contribution in [0.25, 0.3) is 0 Å². The Morgan fingerprint density at radius 2 is 2.56 bits per heavy atom. The first-order valence-corrected chi connectivity index (χ1v) is 2.64. The van der Waals surface area contributed by atoms with E-state index in [9.17, 15) is 4.79 Å². The van der Waals surface area contributed by atoms with Crippen molar-refractivity contribution in [3.8, 4) is 0 Å². The first kappa shape index (κ1) is 4.68. The maximum absolute atomic E-state index is 10.4. The predicted octanol–water partition coefficient (Wildman–Crippen LogP) is 1.20. The van der Waals surface area contributed by atoms with E-state index in [1.807, 2.05) is 6.92 Å². The Kier molecular flexibility index (Phi) is 1.24. The fraction of sp³-hybridized carbons (Fsp3) is 0.143. The van der Waals surface area contributed by atoms with Crippen molar-refractivity contribution in [2.75, 3.05) is 0 Å². The fourth-order valence-corrected chi connectivity index (χ4v) is 0.528. The molecule has 0 amide bonds. The molecule has 0 aliphatic heterocycles. The average molecular weight is 122 g/mol. The van der Waals surface area contributed by atoms with E-state index in [0.29, 0.717) is 0 Å². The number of aldehydes is 1. The number of rotatable bonds is 1. The average Bonchev–Trinajstić information content (AvgIpc) is 1.88. The minimum absolute atomic E-state index is 0.200. The van der Waals surface area contributed by atoms with Gasteiger partial charge in [-0.25, -0.2) is 0 Å². The van der Waals surface area contributed by atoms with Gasteiger partial charge in [0.25, 0.3) is 0 Å². The minimum Gasteiger partial charge on any atom is -0.296 e. The normalized spacial score (nSPS) is 10.6. The van der Waals surface area contributed by atoms with Crippen molar-refractivity contribution in [3.63, 3.8) is 0 Å². The molecule has 0 N–H and O–H groups in total. The van der Waals surface area contributed by atoms with Crippen molar-refractivity contribution >= 4 is 6.26 Å². The summed E-state index contributed by atoms with van der Waals surface area (Å²) < 4.78 is 6.69. The van der Waals surface area contributed by atoms with E-state index in [0.717, 1.165) is 5.56 Å². The minimum atomic E-state index is -0.736. The number of hydrogen-bond donors (Lipinski definition) is 0. The van der Waals surface area contributed by atoms with Crippen molar-refractivity contribution in [1.82, 2.24) is 4.98 Å². The number of aryl methyl sites for hydroxylation is 1. The first-order chi connectivity index (χ1) is 4.70. The van der Waals surface area contributed by atoms with Gasteiger partial charge in [-0.15, -0.1) is 0 Å². The number of nitrogens with zero attached hydrogens (tertiary/aromatic N) is 1. The zero-order valence-electron chi connectivity index (χ0n) is 6.09. The Morgan fingerprint density at radius 1 is 1.78 bits per heavy atom. The van der Waals surface area contributed by atoms with Gasteiger partial charge in [0.1, 0.15) is 7.06 Å². The van der Waals surface area contributed by atoms with Gasteiger partial charge >= 0.3 is 0 Å². The summed E-state index contributed by atoms with van der Waals surface area (Å²) in [5, 5.41) is 0. The van der Waals surface area contributed by atoms with Crippen LogP contribution in [0.3, 0.4) is 0 Å². The molecule has 0 bridgehead atoms. The lowest BCUT2D eigenvalue weighted by molar-refractivity contribution is 0.111. The molecule has 0 saturated heterocycles. The number of carbonyl (C=O) groups excluding carboxylic acids is 1. The Bertz CT molecular complexity index is 242. The zero-order valence-corrected chi connectivity index (χ0v) is 5.09. The summed E-state index contributed by atoms with van der Waals surface area (Å²) in [4.78, 5) is 14.1. The highest BCUT2D eigenvalue weighted by atomic mass is 16.1. The van der Waals surface area contributed by atoms with E-state index >= 15 is 0 Å². The molecule has 0 aliphatic rings. The van der Waals surface area contributed by atoms with E-state index in [2.05, 4.69) is 4.98 Å². The van der Waals surface area contributed by atoms with Gasteiger partial charge in [-0.3, -0.25) is 9.78 Å². The first-order valence-electron chi connectivity index (χ1n) is 3.14. The molecule has 1 rings (SSSR count). The Labute approximate surface area is 54.9 Å². The Hall–Kier alpha value is -1.18. The number of aromatic nitrogens is 1. The molecule has 2 heteroatoms. The molecule has 9 heavy (non-hydrogen) atoms. The monoisotopic (exact) mass is 122 g/mol. The van der Waals surface area contributed by atoms with Crippen LogP contribution in [-0.2, 0) is 0 Å². The van der Waals surface area contributed by atoms with Gasteiger partial charge < -0.3 is 0 Å². The second kappa shape index (κ2) is 2.40. The maximum atomic E-state index is 10.4. The van der Waals surface area contributed by atoms with E-state index in [4.69, 9.17) is 1.37 Å². The lowest BCUT2D eigenvalue weighted by Gasteiger charge is -1.88. The molecule has 46 valence electrons. The fourth-order valence-electron chi connectivity index (χ4n) is 0.528. The molecular formula is C7H7NO. The maximum Gasteiger partial charge on any atom is 0.168 e. The highest BCUT2D eigenvalue weighted by Crippen LogP contribution is 1.94. The molecule has 1 heterocycles. The second-order valence-corrected chi connectivity index (χ2v) is 1.82. The van der Waals surface area contributed by atoms with Gasteiger partial charge in [0.2, 0.25) is 0 Å². The molecule has 0 fully saturated rings. The van der Waals surface area contributed by atoms with Crippen LogP contribution in [0.4, 0.5) is 0 Å². The third-order valence-corrected chi connectivity index (χ3v) is 1.02. The molecule has 0 spiro atoms. The van der Waals surface area contributed by atoms with Gasteiger partial charge in [0.05, 0.1) is 0 Å². The highest BCUT2D eigenvalue weighted by Gasteiger charge is 1.86. The lowest BCUT2D eigenvalue weighted by Crippen LogP contribution is -1.84. The number of carbonyl (C=O) groups is 1. The van der Waals surface area contributed by atoms with Gasteiger partial charge in [-0.1, -0.05) is 6.07 Å². The SMILES string of the molecule is [2H]C(=O)c1ccc(C)cn1. The Morgan fingerprint density at radius 3 is 3.00 bits per heavy atom. The van der Waals surface area contributed by atoms with Crippen LogP contribution in [0.15, 0.2) is 18.3 Å². The van der Waals surface area contributed by atoms with Crippen molar-refractivity contribution in [3.05, 3.63) is 29.6 Å². The largest absolute Gasteiger partial charge is 0.296 e. The van der Waals surface area contributed by atoms with Crippen LogP contribution >= 0.6 is 0 Å². The quantitative estimate of drug-likeness (QED) is 0.524. The smallest absolute Gasteiger partial charge is 0.168 e. The molecule has 0 aliphatic carbocycles. The van der Waals surface area contributed by atoms with Crippen LogP contribution in [0.1, 0.15) is 17.4 Å². The van der Waals surface area contributed by atoms with Crippen LogP contribution in [0, 0.1) is 6.92 Å². The molecule has 0 radical (unpaired) electrons. The summed E-state index contributed by atoms with van der Waals surface area (Å²) in [7, 11) is 0. The summed E-state index contributed by atoms with van der Waals surface area (Å²) in [6.07, 6.45) is 0.835. The highest BCUT2D eigenvalue weighted by molar-refractivity contribution is 5.71. The molecule has 0 unspecified atom stereocenters. The summed E-state index contributed by atoms with van der Waals surface area (Å²) in [6, 6.07) is 3.30. The van der Waals surface area contributed by atoms with Gasteiger partial charge in [0.15, 0.2) is 6.26 Å². The van der Waals surface area contributed by atoms with Crippen molar-refractivity contribution in [2.45, 2.75) is 6.92 Å².